The number of benzene rings is 2. The highest BCUT2D eigenvalue weighted by Crippen LogP contribution is 2.33. The zero-order chi connectivity index (χ0) is 24.4. The fourth-order valence-electron chi connectivity index (χ4n) is 4.82. The molecule has 0 bridgehead atoms. The van der Waals surface area contributed by atoms with Crippen LogP contribution in [-0.4, -0.2) is 60.3 Å². The van der Waals surface area contributed by atoms with Gasteiger partial charge in [0.15, 0.2) is 5.82 Å². The smallest absolute Gasteiger partial charge is 0.227 e. The second kappa shape index (κ2) is 10.4. The van der Waals surface area contributed by atoms with E-state index >= 15 is 0 Å². The van der Waals surface area contributed by atoms with Gasteiger partial charge >= 0.3 is 0 Å². The van der Waals surface area contributed by atoms with Crippen molar-refractivity contribution in [1.29, 1.82) is 0 Å². The SMILES string of the molecule is O=C(C1CCCN(c2ccc(-c3ccc(F)cc3)nn2)C1)N1CCN(c2cccc(Cl)c2Cl)CC1. The van der Waals surface area contributed by atoms with Gasteiger partial charge < -0.3 is 14.7 Å². The Labute approximate surface area is 214 Å². The lowest BCUT2D eigenvalue weighted by molar-refractivity contribution is -0.136. The Bertz CT molecular complexity index is 1180. The molecule has 1 aromatic heterocycles. The number of anilines is 2. The molecule has 5 rings (SSSR count). The molecule has 3 heterocycles. The largest absolute Gasteiger partial charge is 0.367 e. The van der Waals surface area contributed by atoms with Crippen molar-refractivity contribution in [2.24, 2.45) is 5.92 Å². The van der Waals surface area contributed by atoms with Gasteiger partial charge in [-0.15, -0.1) is 10.2 Å². The highest BCUT2D eigenvalue weighted by Gasteiger charge is 2.32. The topological polar surface area (TPSA) is 52.6 Å². The predicted octanol–water partition coefficient (Wildman–Crippen LogP) is 5.15. The van der Waals surface area contributed by atoms with Gasteiger partial charge in [0.1, 0.15) is 5.82 Å². The summed E-state index contributed by atoms with van der Waals surface area (Å²) in [5, 5.41) is 9.82. The van der Waals surface area contributed by atoms with Crippen LogP contribution in [0.5, 0.6) is 0 Å². The number of hydrogen-bond acceptors (Lipinski definition) is 5. The predicted molar refractivity (Wildman–Crippen MR) is 138 cm³/mol. The van der Waals surface area contributed by atoms with E-state index in [1.807, 2.05) is 29.2 Å². The summed E-state index contributed by atoms with van der Waals surface area (Å²) in [6, 6.07) is 15.7. The third-order valence-corrected chi connectivity index (χ3v) is 7.56. The van der Waals surface area contributed by atoms with Gasteiger partial charge in [-0.3, -0.25) is 4.79 Å². The molecule has 1 unspecified atom stereocenters. The number of nitrogens with zero attached hydrogens (tertiary/aromatic N) is 5. The average molecular weight is 514 g/mol. The van der Waals surface area contributed by atoms with Crippen molar-refractivity contribution in [3.63, 3.8) is 0 Å². The number of amides is 1. The van der Waals surface area contributed by atoms with E-state index in [9.17, 15) is 9.18 Å². The van der Waals surface area contributed by atoms with E-state index in [1.165, 1.54) is 12.1 Å². The van der Waals surface area contributed by atoms with Gasteiger partial charge in [0.05, 0.1) is 27.3 Å². The lowest BCUT2D eigenvalue weighted by Gasteiger charge is -2.40. The molecule has 6 nitrogen and oxygen atoms in total. The number of rotatable bonds is 4. The number of halogens is 3. The number of piperidine rings is 1. The van der Waals surface area contributed by atoms with Crippen molar-refractivity contribution in [2.45, 2.75) is 12.8 Å². The minimum atomic E-state index is -0.281. The Morgan fingerprint density at radius 3 is 2.37 bits per heavy atom. The van der Waals surface area contributed by atoms with Crippen molar-refractivity contribution < 1.29 is 9.18 Å². The Hall–Kier alpha value is -2.90. The molecule has 0 spiro atoms. The van der Waals surface area contributed by atoms with Gasteiger partial charge in [0.25, 0.3) is 0 Å². The van der Waals surface area contributed by atoms with Crippen LogP contribution < -0.4 is 9.80 Å². The average Bonchev–Trinajstić information content (AvgIpc) is 2.91. The summed E-state index contributed by atoms with van der Waals surface area (Å²) < 4.78 is 13.2. The maximum Gasteiger partial charge on any atom is 0.227 e. The molecule has 2 fully saturated rings. The first kappa shape index (κ1) is 23.8. The van der Waals surface area contributed by atoms with Crippen molar-refractivity contribution in [2.75, 3.05) is 49.1 Å². The lowest BCUT2D eigenvalue weighted by atomic mass is 9.96. The first-order chi connectivity index (χ1) is 17.0. The second-order valence-electron chi connectivity index (χ2n) is 8.95. The van der Waals surface area contributed by atoms with Gasteiger partial charge in [-0.2, -0.15) is 0 Å². The van der Waals surface area contributed by atoms with Gasteiger partial charge in [-0.05, 0) is 61.4 Å². The molecule has 2 aliphatic rings. The summed E-state index contributed by atoms with van der Waals surface area (Å²) >= 11 is 12.6. The standard InChI is InChI=1S/C26H26Cl2FN5O/c27-21-4-1-5-23(25(21)28)32-13-15-33(16-14-32)26(35)19-3-2-12-34(17-19)24-11-10-22(30-31-24)18-6-8-20(29)9-7-18/h1,4-11,19H,2-3,12-17H2. The Morgan fingerprint density at radius 2 is 1.66 bits per heavy atom. The van der Waals surface area contributed by atoms with Gasteiger partial charge in [0.2, 0.25) is 5.91 Å². The summed E-state index contributed by atoms with van der Waals surface area (Å²) in [5.41, 5.74) is 2.42. The summed E-state index contributed by atoms with van der Waals surface area (Å²) in [7, 11) is 0. The van der Waals surface area contributed by atoms with Crippen molar-refractivity contribution in [3.8, 4) is 11.3 Å². The Morgan fingerprint density at radius 1 is 0.886 bits per heavy atom. The maximum absolute atomic E-state index is 13.3. The molecule has 2 aliphatic heterocycles. The highest BCUT2D eigenvalue weighted by atomic mass is 35.5. The zero-order valence-electron chi connectivity index (χ0n) is 19.2. The first-order valence-electron chi connectivity index (χ1n) is 11.8. The van der Waals surface area contributed by atoms with E-state index in [4.69, 9.17) is 23.2 Å². The molecule has 3 aromatic rings. The van der Waals surface area contributed by atoms with Gasteiger partial charge in [0, 0.05) is 44.8 Å². The van der Waals surface area contributed by atoms with Crippen LogP contribution in [0.4, 0.5) is 15.9 Å². The fraction of sp³-hybridized carbons (Fsp3) is 0.346. The minimum Gasteiger partial charge on any atom is -0.367 e. The molecule has 0 saturated carbocycles. The van der Waals surface area contributed by atoms with Crippen LogP contribution in [0.1, 0.15) is 12.8 Å². The molecule has 0 radical (unpaired) electrons. The molecule has 182 valence electrons. The molecule has 1 atom stereocenters. The zero-order valence-corrected chi connectivity index (χ0v) is 20.7. The summed E-state index contributed by atoms with van der Waals surface area (Å²) in [6.45, 7) is 4.23. The van der Waals surface area contributed by atoms with Crippen LogP contribution in [-0.2, 0) is 4.79 Å². The minimum absolute atomic E-state index is 0.0661. The van der Waals surface area contributed by atoms with Crippen LogP contribution >= 0.6 is 23.2 Å². The van der Waals surface area contributed by atoms with Crippen LogP contribution in [0.15, 0.2) is 54.6 Å². The number of carbonyl (C=O) groups excluding carboxylic acids is 1. The molecule has 9 heteroatoms. The molecular weight excluding hydrogens is 488 g/mol. The van der Waals surface area contributed by atoms with Gasteiger partial charge in [-0.25, -0.2) is 4.39 Å². The number of hydrogen-bond donors (Lipinski definition) is 0. The Balaban J connectivity index is 1.19. The maximum atomic E-state index is 13.3. The second-order valence-corrected chi connectivity index (χ2v) is 9.74. The fourth-order valence-corrected chi connectivity index (χ4v) is 5.23. The lowest BCUT2D eigenvalue weighted by Crippen LogP contribution is -2.52. The molecule has 35 heavy (non-hydrogen) atoms. The van der Waals surface area contributed by atoms with E-state index in [2.05, 4.69) is 20.0 Å². The van der Waals surface area contributed by atoms with Gasteiger partial charge in [-0.1, -0.05) is 29.3 Å². The van der Waals surface area contributed by atoms with E-state index in [0.29, 0.717) is 35.4 Å². The van der Waals surface area contributed by atoms with E-state index < -0.39 is 0 Å². The van der Waals surface area contributed by atoms with Crippen molar-refractivity contribution in [3.05, 3.63) is 70.5 Å². The van der Waals surface area contributed by atoms with Crippen molar-refractivity contribution in [1.82, 2.24) is 15.1 Å². The van der Waals surface area contributed by atoms with Crippen LogP contribution in [0.2, 0.25) is 10.0 Å². The van der Waals surface area contributed by atoms with Crippen LogP contribution in [0.25, 0.3) is 11.3 Å². The monoisotopic (exact) mass is 513 g/mol. The van der Waals surface area contributed by atoms with Crippen LogP contribution in [0.3, 0.4) is 0 Å². The van der Waals surface area contributed by atoms with E-state index in [1.54, 1.807) is 18.2 Å². The number of aromatic nitrogens is 2. The molecule has 0 aliphatic carbocycles. The van der Waals surface area contributed by atoms with E-state index in [-0.39, 0.29) is 17.6 Å². The number of piperazine rings is 1. The molecule has 2 aromatic carbocycles. The summed E-state index contributed by atoms with van der Waals surface area (Å²) in [4.78, 5) is 19.6. The molecule has 0 N–H and O–H groups in total. The summed E-state index contributed by atoms with van der Waals surface area (Å²) in [6.07, 6.45) is 1.80. The quantitative estimate of drug-likeness (QED) is 0.482. The highest BCUT2D eigenvalue weighted by molar-refractivity contribution is 6.43. The molecular formula is C26H26Cl2FN5O. The number of carbonyl (C=O) groups is 1. The summed E-state index contributed by atoms with van der Waals surface area (Å²) in [5.74, 6) is 0.608. The molecule has 2 saturated heterocycles. The van der Waals surface area contributed by atoms with Crippen molar-refractivity contribution >= 4 is 40.6 Å². The normalized spacial score (nSPS) is 18.6. The van der Waals surface area contributed by atoms with E-state index in [0.717, 1.165) is 49.5 Å². The molecule has 1 amide bonds. The van der Waals surface area contributed by atoms with Crippen LogP contribution in [0, 0.1) is 11.7 Å². The third-order valence-electron chi connectivity index (χ3n) is 6.75. The first-order valence-corrected chi connectivity index (χ1v) is 12.6. The third kappa shape index (κ3) is 5.21. The Kier molecular flexibility index (Phi) is 7.07.